The Morgan fingerprint density at radius 1 is 1.41 bits per heavy atom. The third kappa shape index (κ3) is 5.28. The van der Waals surface area contributed by atoms with Crippen molar-refractivity contribution in [2.24, 2.45) is 0 Å². The van der Waals surface area contributed by atoms with E-state index in [1.807, 2.05) is 20.8 Å². The van der Waals surface area contributed by atoms with E-state index in [1.54, 1.807) is 0 Å². The van der Waals surface area contributed by atoms with E-state index < -0.39 is 5.60 Å². The molecular formula is C13H24BrNO2. The summed E-state index contributed by atoms with van der Waals surface area (Å²) >= 11 is 3.58. The number of hydrogen-bond donors (Lipinski definition) is 1. The van der Waals surface area contributed by atoms with Crippen molar-refractivity contribution in [1.29, 1.82) is 0 Å². The molecule has 1 N–H and O–H groups in total. The molecule has 1 aliphatic rings. The van der Waals surface area contributed by atoms with Crippen LogP contribution in [0.4, 0.5) is 4.79 Å². The Morgan fingerprint density at radius 2 is 1.94 bits per heavy atom. The third-order valence-electron chi connectivity index (χ3n) is 3.00. The Hall–Kier alpha value is -0.250. The van der Waals surface area contributed by atoms with Crippen LogP contribution in [-0.4, -0.2) is 22.1 Å². The molecule has 1 unspecified atom stereocenters. The van der Waals surface area contributed by atoms with Crippen LogP contribution in [0.1, 0.15) is 59.8 Å². The lowest BCUT2D eigenvalue weighted by atomic mass is 9.92. The van der Waals surface area contributed by atoms with Crippen molar-refractivity contribution >= 4 is 22.0 Å². The molecule has 4 heteroatoms. The summed E-state index contributed by atoms with van der Waals surface area (Å²) in [4.78, 5) is 12.3. The number of carbonyl (C=O) groups excluding carboxylic acids is 1. The van der Waals surface area contributed by atoms with Crippen LogP contribution in [0.25, 0.3) is 0 Å². The average Bonchev–Trinajstić information content (AvgIpc) is 2.47. The van der Waals surface area contributed by atoms with Crippen LogP contribution in [0, 0.1) is 0 Å². The van der Waals surface area contributed by atoms with Gasteiger partial charge in [-0.05, 0) is 40.0 Å². The molecule has 1 rings (SSSR count). The Bertz CT molecular complexity index is 265. The highest BCUT2D eigenvalue weighted by atomic mass is 79.9. The number of nitrogens with one attached hydrogen (secondary N) is 1. The van der Waals surface area contributed by atoms with E-state index in [4.69, 9.17) is 4.74 Å². The molecule has 1 fully saturated rings. The van der Waals surface area contributed by atoms with E-state index in [0.29, 0.717) is 4.83 Å². The highest BCUT2D eigenvalue weighted by Crippen LogP contribution is 2.35. The van der Waals surface area contributed by atoms with Gasteiger partial charge in [0.2, 0.25) is 0 Å². The highest BCUT2D eigenvalue weighted by Gasteiger charge is 2.37. The van der Waals surface area contributed by atoms with Crippen molar-refractivity contribution in [2.45, 2.75) is 75.8 Å². The van der Waals surface area contributed by atoms with Crippen molar-refractivity contribution < 1.29 is 9.53 Å². The maximum Gasteiger partial charge on any atom is 0.408 e. The number of rotatable bonds is 3. The van der Waals surface area contributed by atoms with Crippen LogP contribution in [0.3, 0.4) is 0 Å². The summed E-state index contributed by atoms with van der Waals surface area (Å²) in [7, 11) is 0. The number of carbonyl (C=O) groups is 1. The number of hydrogen-bond acceptors (Lipinski definition) is 2. The highest BCUT2D eigenvalue weighted by molar-refractivity contribution is 9.09. The molecule has 17 heavy (non-hydrogen) atoms. The minimum absolute atomic E-state index is 0.0642. The lowest BCUT2D eigenvalue weighted by molar-refractivity contribution is 0.0451. The predicted octanol–water partition coefficient (Wildman–Crippen LogP) is 4.00. The molecule has 0 saturated heterocycles. The first-order valence-electron chi connectivity index (χ1n) is 6.38. The van der Waals surface area contributed by atoms with Crippen molar-refractivity contribution in [2.75, 3.05) is 0 Å². The molecule has 3 nitrogen and oxygen atoms in total. The van der Waals surface area contributed by atoms with Crippen LogP contribution in [0.5, 0.6) is 0 Å². The molecule has 1 saturated carbocycles. The van der Waals surface area contributed by atoms with Crippen LogP contribution in [0.15, 0.2) is 0 Å². The van der Waals surface area contributed by atoms with E-state index in [2.05, 4.69) is 28.2 Å². The number of ether oxygens (including phenoxy) is 1. The molecule has 1 aliphatic carbocycles. The van der Waals surface area contributed by atoms with Gasteiger partial charge in [0.05, 0.1) is 0 Å². The second-order valence-electron chi connectivity index (χ2n) is 6.10. The molecular weight excluding hydrogens is 282 g/mol. The number of alkyl carbamates (subject to hydrolysis) is 1. The first kappa shape index (κ1) is 14.8. The average molecular weight is 306 g/mol. The van der Waals surface area contributed by atoms with E-state index in [9.17, 15) is 4.79 Å². The van der Waals surface area contributed by atoms with Gasteiger partial charge < -0.3 is 10.1 Å². The van der Waals surface area contributed by atoms with Gasteiger partial charge in [0, 0.05) is 10.4 Å². The summed E-state index contributed by atoms with van der Waals surface area (Å²) in [6.07, 6.45) is 5.18. The number of amides is 1. The smallest absolute Gasteiger partial charge is 0.408 e. The largest absolute Gasteiger partial charge is 0.444 e. The van der Waals surface area contributed by atoms with Gasteiger partial charge in [-0.3, -0.25) is 0 Å². The van der Waals surface area contributed by atoms with Crippen LogP contribution >= 0.6 is 15.9 Å². The van der Waals surface area contributed by atoms with E-state index in [-0.39, 0.29) is 11.6 Å². The molecule has 0 heterocycles. The molecule has 1 atom stereocenters. The Kier molecular flexibility index (Phi) is 4.87. The first-order chi connectivity index (χ1) is 7.72. The second-order valence-corrected chi connectivity index (χ2v) is 7.66. The van der Waals surface area contributed by atoms with Gasteiger partial charge in [-0.15, -0.1) is 0 Å². The summed E-state index contributed by atoms with van der Waals surface area (Å²) in [6, 6.07) is 0. The SMILES string of the molecule is CC(Br)CC1(NC(=O)OC(C)(C)C)CCCC1. The van der Waals surface area contributed by atoms with Crippen LogP contribution in [0.2, 0.25) is 0 Å². The Morgan fingerprint density at radius 3 is 2.35 bits per heavy atom. The molecule has 0 radical (unpaired) electrons. The van der Waals surface area contributed by atoms with Crippen molar-refractivity contribution in [1.82, 2.24) is 5.32 Å². The summed E-state index contributed by atoms with van der Waals surface area (Å²) in [5.74, 6) is 0. The molecule has 0 aliphatic heterocycles. The topological polar surface area (TPSA) is 38.3 Å². The summed E-state index contributed by atoms with van der Waals surface area (Å²) in [6.45, 7) is 7.79. The van der Waals surface area contributed by atoms with Crippen LogP contribution in [-0.2, 0) is 4.74 Å². The van der Waals surface area contributed by atoms with Gasteiger partial charge in [-0.1, -0.05) is 35.7 Å². The fourth-order valence-corrected chi connectivity index (χ4v) is 3.11. The van der Waals surface area contributed by atoms with E-state index >= 15 is 0 Å². The fraction of sp³-hybridized carbons (Fsp3) is 0.923. The number of halogens is 1. The molecule has 100 valence electrons. The van der Waals surface area contributed by atoms with Gasteiger partial charge in [-0.2, -0.15) is 0 Å². The molecule has 0 aromatic rings. The molecule has 0 spiro atoms. The lowest BCUT2D eigenvalue weighted by Crippen LogP contribution is -2.49. The fourth-order valence-electron chi connectivity index (χ4n) is 2.49. The minimum Gasteiger partial charge on any atom is -0.444 e. The Labute approximate surface area is 113 Å². The van der Waals surface area contributed by atoms with Gasteiger partial charge in [0.15, 0.2) is 0 Å². The van der Waals surface area contributed by atoms with Gasteiger partial charge in [-0.25, -0.2) is 4.79 Å². The predicted molar refractivity (Wildman–Crippen MR) is 73.6 cm³/mol. The Balaban J connectivity index is 2.58. The zero-order valence-electron chi connectivity index (χ0n) is 11.3. The van der Waals surface area contributed by atoms with Crippen molar-refractivity contribution in [3.8, 4) is 0 Å². The van der Waals surface area contributed by atoms with Crippen molar-refractivity contribution in [3.63, 3.8) is 0 Å². The third-order valence-corrected chi connectivity index (χ3v) is 3.32. The maximum atomic E-state index is 11.9. The van der Waals surface area contributed by atoms with E-state index in [1.165, 1.54) is 12.8 Å². The molecule has 1 amide bonds. The first-order valence-corrected chi connectivity index (χ1v) is 7.29. The van der Waals surface area contributed by atoms with Crippen LogP contribution < -0.4 is 5.32 Å². The summed E-state index contributed by atoms with van der Waals surface area (Å²) in [5, 5.41) is 3.09. The molecule has 0 aromatic heterocycles. The van der Waals surface area contributed by atoms with Gasteiger partial charge >= 0.3 is 6.09 Å². The molecule has 0 aromatic carbocycles. The van der Waals surface area contributed by atoms with E-state index in [0.717, 1.165) is 19.3 Å². The zero-order chi connectivity index (χ0) is 13.1. The molecule has 0 bridgehead atoms. The monoisotopic (exact) mass is 305 g/mol. The van der Waals surface area contributed by atoms with Crippen molar-refractivity contribution in [3.05, 3.63) is 0 Å². The number of alkyl halides is 1. The summed E-state index contributed by atoms with van der Waals surface area (Å²) < 4.78 is 5.34. The standard InChI is InChI=1S/C13H24BrNO2/c1-10(14)9-13(7-5-6-8-13)15-11(16)17-12(2,3)4/h10H,5-9H2,1-4H3,(H,15,16). The zero-order valence-corrected chi connectivity index (χ0v) is 12.9. The van der Waals surface area contributed by atoms with Gasteiger partial charge in [0.1, 0.15) is 5.60 Å². The summed E-state index contributed by atoms with van der Waals surface area (Å²) in [5.41, 5.74) is -0.491. The van der Waals surface area contributed by atoms with Gasteiger partial charge in [0.25, 0.3) is 0 Å². The minimum atomic E-state index is -0.427. The maximum absolute atomic E-state index is 11.9. The normalized spacial score (nSPS) is 21.0. The quantitative estimate of drug-likeness (QED) is 0.800. The lowest BCUT2D eigenvalue weighted by Gasteiger charge is -2.32. The second kappa shape index (κ2) is 5.59.